The van der Waals surface area contributed by atoms with E-state index in [1.165, 1.54) is 17.7 Å². The molecule has 2 atom stereocenters. The second kappa shape index (κ2) is 13.6. The average molecular weight is 577 g/mol. The van der Waals surface area contributed by atoms with Gasteiger partial charge in [0, 0.05) is 36.6 Å². The molecule has 4 N–H and O–H groups in total. The molecular formula is C34H42F2N4O2. The summed E-state index contributed by atoms with van der Waals surface area (Å²) in [7, 11) is 1.79. The summed E-state index contributed by atoms with van der Waals surface area (Å²) in [5.41, 5.74) is 6.73. The fourth-order valence-corrected chi connectivity index (χ4v) is 5.67. The molecule has 8 heteroatoms. The molecule has 1 amide bonds. The summed E-state index contributed by atoms with van der Waals surface area (Å²) in [4.78, 5) is 13.5. The fourth-order valence-electron chi connectivity index (χ4n) is 5.67. The molecule has 3 aromatic rings. The second-order valence-corrected chi connectivity index (χ2v) is 12.2. The molecule has 1 saturated carbocycles. The molecule has 224 valence electrons. The minimum absolute atomic E-state index is 0.0261. The van der Waals surface area contributed by atoms with Crippen molar-refractivity contribution in [3.8, 4) is 0 Å². The second-order valence-electron chi connectivity index (χ2n) is 12.2. The lowest BCUT2D eigenvalue weighted by Gasteiger charge is -2.41. The molecule has 0 saturated heterocycles. The topological polar surface area (TPSA) is 85.8 Å². The predicted octanol–water partition coefficient (Wildman–Crippen LogP) is 6.06. The number of benzene rings is 3. The van der Waals surface area contributed by atoms with Crippen LogP contribution in [-0.4, -0.2) is 36.4 Å². The first kappa shape index (κ1) is 31.3. The van der Waals surface area contributed by atoms with Gasteiger partial charge in [0.05, 0.1) is 12.0 Å². The zero-order valence-corrected chi connectivity index (χ0v) is 24.9. The van der Waals surface area contributed by atoms with Gasteiger partial charge in [-0.2, -0.15) is 5.10 Å². The number of anilines is 1. The molecule has 4 rings (SSSR count). The highest BCUT2D eigenvalue weighted by atomic mass is 19.1. The monoisotopic (exact) mass is 576 g/mol. The van der Waals surface area contributed by atoms with Gasteiger partial charge in [0.25, 0.3) is 0 Å². The number of para-hydroxylation sites is 1. The Bertz CT molecular complexity index is 1360. The number of aliphatic hydroxyl groups is 1. The molecule has 42 heavy (non-hydrogen) atoms. The van der Waals surface area contributed by atoms with Crippen LogP contribution in [0.25, 0.3) is 0 Å². The summed E-state index contributed by atoms with van der Waals surface area (Å²) in [6.07, 6.45) is 1.94. The molecule has 1 aliphatic rings. The third kappa shape index (κ3) is 8.01. The van der Waals surface area contributed by atoms with E-state index in [1.807, 2.05) is 6.07 Å². The van der Waals surface area contributed by atoms with E-state index in [0.717, 1.165) is 43.0 Å². The van der Waals surface area contributed by atoms with Gasteiger partial charge in [-0.3, -0.25) is 4.79 Å². The summed E-state index contributed by atoms with van der Waals surface area (Å²) in [6, 6.07) is 20.7. The molecule has 0 spiro atoms. The maximum absolute atomic E-state index is 14.0. The number of carbonyl (C=O) groups excluding carboxylic acids is 1. The normalized spacial score (nSPS) is 18.7. The largest absolute Gasteiger partial charge is 0.391 e. The number of hydrazone groups is 1. The molecule has 0 heterocycles. The minimum atomic E-state index is -1.13. The highest BCUT2D eigenvalue weighted by Gasteiger charge is 2.38. The van der Waals surface area contributed by atoms with Crippen molar-refractivity contribution in [1.29, 1.82) is 0 Å². The van der Waals surface area contributed by atoms with Gasteiger partial charge in [0.2, 0.25) is 5.91 Å². The van der Waals surface area contributed by atoms with Crippen LogP contribution in [0.5, 0.6) is 0 Å². The van der Waals surface area contributed by atoms with Gasteiger partial charge in [0.1, 0.15) is 11.6 Å². The quantitative estimate of drug-likeness (QED) is 0.221. The van der Waals surface area contributed by atoms with Crippen LogP contribution < -0.4 is 16.1 Å². The number of amides is 1. The third-order valence-electron chi connectivity index (χ3n) is 8.10. The van der Waals surface area contributed by atoms with Crippen molar-refractivity contribution in [3.63, 3.8) is 0 Å². The highest BCUT2D eigenvalue weighted by molar-refractivity contribution is 5.93. The first-order chi connectivity index (χ1) is 20.0. The van der Waals surface area contributed by atoms with Crippen LogP contribution in [0.15, 0.2) is 77.9 Å². The summed E-state index contributed by atoms with van der Waals surface area (Å²) in [5.74, 6) is -2.82. The molecule has 6 nitrogen and oxygen atoms in total. The van der Waals surface area contributed by atoms with E-state index < -0.39 is 35.1 Å². The van der Waals surface area contributed by atoms with Gasteiger partial charge in [-0.25, -0.2) is 8.78 Å². The summed E-state index contributed by atoms with van der Waals surface area (Å²) in [6.45, 7) is 6.65. The smallest absolute Gasteiger partial charge is 0.230 e. The van der Waals surface area contributed by atoms with Gasteiger partial charge in [-0.05, 0) is 78.5 Å². The Hall–Kier alpha value is -3.62. The minimum Gasteiger partial charge on any atom is -0.391 e. The average Bonchev–Trinajstić information content (AvgIpc) is 2.95. The van der Waals surface area contributed by atoms with Crippen molar-refractivity contribution in [2.24, 2.45) is 11.0 Å². The summed E-state index contributed by atoms with van der Waals surface area (Å²) >= 11 is 0. The van der Waals surface area contributed by atoms with Gasteiger partial charge in [0.15, 0.2) is 0 Å². The molecule has 0 aromatic heterocycles. The Kier molecular flexibility index (Phi) is 10.1. The van der Waals surface area contributed by atoms with Gasteiger partial charge in [-0.15, -0.1) is 0 Å². The number of nitrogens with one attached hydrogen (secondary N) is 3. The lowest BCUT2D eigenvalue weighted by molar-refractivity contribution is -0.123. The van der Waals surface area contributed by atoms with Crippen molar-refractivity contribution in [2.75, 3.05) is 18.9 Å². The van der Waals surface area contributed by atoms with Gasteiger partial charge in [-0.1, -0.05) is 63.2 Å². The van der Waals surface area contributed by atoms with E-state index in [9.17, 15) is 18.7 Å². The number of rotatable bonds is 10. The van der Waals surface area contributed by atoms with Crippen molar-refractivity contribution in [3.05, 3.63) is 101 Å². The van der Waals surface area contributed by atoms with Crippen LogP contribution in [0.1, 0.15) is 63.1 Å². The van der Waals surface area contributed by atoms with Crippen LogP contribution in [0.2, 0.25) is 0 Å². The maximum Gasteiger partial charge on any atom is 0.230 e. The van der Waals surface area contributed by atoms with E-state index in [0.29, 0.717) is 11.3 Å². The van der Waals surface area contributed by atoms with Crippen LogP contribution in [0.3, 0.4) is 0 Å². The Labute approximate surface area is 247 Å². The zero-order chi connectivity index (χ0) is 30.3. The first-order valence-electron chi connectivity index (χ1n) is 14.6. The van der Waals surface area contributed by atoms with Crippen LogP contribution >= 0.6 is 0 Å². The van der Waals surface area contributed by atoms with Crippen molar-refractivity contribution < 1.29 is 18.7 Å². The van der Waals surface area contributed by atoms with Gasteiger partial charge < -0.3 is 21.2 Å². The fraction of sp³-hybridized carbons (Fsp3) is 0.412. The van der Waals surface area contributed by atoms with Crippen molar-refractivity contribution >= 4 is 17.3 Å². The molecule has 2 unspecified atom stereocenters. The van der Waals surface area contributed by atoms with E-state index in [4.69, 9.17) is 0 Å². The molecular weight excluding hydrogens is 534 g/mol. The number of halogens is 2. The maximum atomic E-state index is 14.0. The predicted molar refractivity (Wildman–Crippen MR) is 164 cm³/mol. The molecule has 0 aliphatic heterocycles. The van der Waals surface area contributed by atoms with Crippen LogP contribution in [0, 0.1) is 17.6 Å². The SMILES string of the molecule is CNN=C1CCC(NCC(O)C(Cc2cc(F)cc(F)c2)C(=O)Nc2ccccc2)(c2cccc(C(C)(C)C)c2)CC1. The number of carbonyl (C=O) groups is 1. The van der Waals surface area contributed by atoms with Gasteiger partial charge >= 0.3 is 0 Å². The van der Waals surface area contributed by atoms with E-state index in [-0.39, 0.29) is 18.4 Å². The number of hydrogen-bond donors (Lipinski definition) is 4. The highest BCUT2D eigenvalue weighted by Crippen LogP contribution is 2.38. The van der Waals surface area contributed by atoms with Crippen molar-refractivity contribution in [2.45, 2.75) is 69.9 Å². The Morgan fingerprint density at radius 2 is 1.64 bits per heavy atom. The molecule has 1 fully saturated rings. The van der Waals surface area contributed by atoms with Crippen LogP contribution in [-0.2, 0) is 22.2 Å². The van der Waals surface area contributed by atoms with Crippen LogP contribution in [0.4, 0.5) is 14.5 Å². The Morgan fingerprint density at radius 1 is 0.976 bits per heavy atom. The molecule has 0 radical (unpaired) electrons. The molecule has 3 aromatic carbocycles. The third-order valence-corrected chi connectivity index (χ3v) is 8.10. The Balaban J connectivity index is 1.61. The Morgan fingerprint density at radius 3 is 2.26 bits per heavy atom. The first-order valence-corrected chi connectivity index (χ1v) is 14.6. The summed E-state index contributed by atoms with van der Waals surface area (Å²) < 4.78 is 28.1. The number of hydrogen-bond acceptors (Lipinski definition) is 5. The van der Waals surface area contributed by atoms with E-state index >= 15 is 0 Å². The molecule has 0 bridgehead atoms. The number of nitrogens with zero attached hydrogens (tertiary/aromatic N) is 1. The zero-order valence-electron chi connectivity index (χ0n) is 24.9. The van der Waals surface area contributed by atoms with Crippen molar-refractivity contribution in [1.82, 2.24) is 10.7 Å². The standard InChI is InChI=1S/C34H42F2N4O2/c1-33(2,3)24-9-8-10-25(20-24)34(15-13-29(14-16-34)40-37-4)38-22-31(41)30(19-23-17-26(35)21-27(36)18-23)32(42)39-28-11-6-5-7-12-28/h5-12,17-18,20-21,30-31,37-38,41H,13-16,19,22H2,1-4H3,(H,39,42). The lowest BCUT2D eigenvalue weighted by atomic mass is 9.74. The lowest BCUT2D eigenvalue weighted by Crippen LogP contribution is -2.50. The van der Waals surface area contributed by atoms with E-state index in [1.54, 1.807) is 31.3 Å². The summed E-state index contributed by atoms with van der Waals surface area (Å²) in [5, 5.41) is 22.5. The number of aliphatic hydroxyl groups excluding tert-OH is 1. The van der Waals surface area contributed by atoms with E-state index in [2.05, 4.69) is 66.2 Å². The molecule has 1 aliphatic carbocycles.